The van der Waals surface area contributed by atoms with Crippen LogP contribution < -0.4 is 16.4 Å². The number of rotatable bonds is 20. The van der Waals surface area contributed by atoms with Crippen LogP contribution in [-0.2, 0) is 47.6 Å². The van der Waals surface area contributed by atoms with Crippen LogP contribution in [0.4, 0.5) is 0 Å². The lowest BCUT2D eigenvalue weighted by Crippen LogP contribution is -2.56. The van der Waals surface area contributed by atoms with E-state index >= 15 is 0 Å². The average Bonchev–Trinajstić information content (AvgIpc) is 3.03. The molecule has 0 saturated carbocycles. The standard InChI is InChI=1S/C34H49N5O7S/c1-5-6-10-20-46-31(41)17-19-39(3)34(44)30(23-25-11-8-7-9-12-25)38-32(42)28(18-21-47(4)45)37-33(43)29(36-24(2)35)22-26-13-15-27(40)16-14-26/h7-9,11-16,28-30,40H,5-6,10,17-23H2,1-4H3,(H2,35,36)(H,37,43)(H,38,42)/t28-,29+,30+,47?/m1/s1. The van der Waals surface area contributed by atoms with Gasteiger partial charge in [-0.15, -0.1) is 0 Å². The van der Waals surface area contributed by atoms with Gasteiger partial charge in [0.2, 0.25) is 17.7 Å². The first-order valence-corrected chi connectivity index (χ1v) is 17.5. The van der Waals surface area contributed by atoms with Gasteiger partial charge in [-0.05, 0) is 43.0 Å². The zero-order valence-corrected chi connectivity index (χ0v) is 28.6. The van der Waals surface area contributed by atoms with Crippen LogP contribution in [-0.4, -0.2) is 94.1 Å². The summed E-state index contributed by atoms with van der Waals surface area (Å²) in [6.07, 6.45) is 4.61. The van der Waals surface area contributed by atoms with E-state index in [1.54, 1.807) is 26.1 Å². The van der Waals surface area contributed by atoms with Gasteiger partial charge in [0.25, 0.3) is 0 Å². The van der Waals surface area contributed by atoms with E-state index in [2.05, 4.69) is 22.5 Å². The van der Waals surface area contributed by atoms with E-state index in [0.29, 0.717) is 12.2 Å². The number of benzene rings is 2. The van der Waals surface area contributed by atoms with Crippen molar-refractivity contribution in [3.05, 3.63) is 65.7 Å². The topological polar surface area (TPSA) is 180 Å². The highest BCUT2D eigenvalue weighted by Crippen LogP contribution is 2.14. The molecular weight excluding hydrogens is 622 g/mol. The van der Waals surface area contributed by atoms with Gasteiger partial charge in [0, 0.05) is 49.2 Å². The van der Waals surface area contributed by atoms with Gasteiger partial charge in [-0.2, -0.15) is 0 Å². The number of amides is 3. The van der Waals surface area contributed by atoms with Crippen LogP contribution >= 0.6 is 0 Å². The van der Waals surface area contributed by atoms with Gasteiger partial charge in [0.05, 0.1) is 18.9 Å². The number of unbranched alkanes of at least 4 members (excludes halogenated alkanes) is 2. The average molecular weight is 672 g/mol. The Hall–Kier alpha value is -4.26. The number of hydrogen-bond donors (Lipinski definition) is 4. The number of hydrogen-bond acceptors (Lipinski definition) is 8. The summed E-state index contributed by atoms with van der Waals surface area (Å²) in [7, 11) is 0.289. The normalized spacial score (nSPS) is 13.9. The Kier molecular flexibility index (Phi) is 17.2. The minimum Gasteiger partial charge on any atom is -0.508 e. The molecule has 0 aliphatic rings. The van der Waals surface area contributed by atoms with Crippen LogP contribution in [0.5, 0.6) is 5.75 Å². The molecule has 0 aromatic heterocycles. The number of aliphatic imine (C=N–C) groups is 1. The predicted molar refractivity (Wildman–Crippen MR) is 183 cm³/mol. The summed E-state index contributed by atoms with van der Waals surface area (Å²) in [6, 6.07) is 12.3. The van der Waals surface area contributed by atoms with Gasteiger partial charge in [-0.25, -0.2) is 0 Å². The Balaban J connectivity index is 2.23. The van der Waals surface area contributed by atoms with Crippen LogP contribution in [0.3, 0.4) is 0 Å². The molecule has 3 amide bonds. The summed E-state index contributed by atoms with van der Waals surface area (Å²) in [5.74, 6) is -1.66. The Morgan fingerprint density at radius 3 is 2.21 bits per heavy atom. The number of esters is 1. The molecule has 47 heavy (non-hydrogen) atoms. The van der Waals surface area contributed by atoms with E-state index in [1.165, 1.54) is 23.3 Å². The van der Waals surface area contributed by atoms with Crippen LogP contribution in [0.15, 0.2) is 59.6 Å². The molecule has 0 heterocycles. The lowest BCUT2D eigenvalue weighted by molar-refractivity contribution is -0.145. The van der Waals surface area contributed by atoms with Crippen LogP contribution in [0.2, 0.25) is 0 Å². The molecule has 2 aromatic carbocycles. The third-order valence-corrected chi connectivity index (χ3v) is 8.10. The molecule has 0 aliphatic carbocycles. The number of phenols is 1. The van der Waals surface area contributed by atoms with Crippen molar-refractivity contribution in [2.75, 3.05) is 32.2 Å². The zero-order chi connectivity index (χ0) is 34.8. The minimum absolute atomic E-state index is 0.00482. The van der Waals surface area contributed by atoms with Crippen molar-refractivity contribution in [3.8, 4) is 5.75 Å². The van der Waals surface area contributed by atoms with Crippen LogP contribution in [0.25, 0.3) is 0 Å². The van der Waals surface area contributed by atoms with Crippen molar-refractivity contribution in [1.82, 2.24) is 15.5 Å². The molecule has 0 radical (unpaired) electrons. The van der Waals surface area contributed by atoms with E-state index in [-0.39, 0.29) is 49.6 Å². The summed E-state index contributed by atoms with van der Waals surface area (Å²) in [6.45, 7) is 4.03. The zero-order valence-electron chi connectivity index (χ0n) is 27.8. The van der Waals surface area contributed by atoms with E-state index in [9.17, 15) is 28.5 Å². The third kappa shape index (κ3) is 15.3. The quantitative estimate of drug-likeness (QED) is 0.0716. The van der Waals surface area contributed by atoms with E-state index in [1.807, 2.05) is 30.3 Å². The van der Waals surface area contributed by atoms with Crippen molar-refractivity contribution in [2.45, 2.75) is 76.9 Å². The summed E-state index contributed by atoms with van der Waals surface area (Å²) < 4.78 is 17.3. The first-order valence-electron chi connectivity index (χ1n) is 15.8. The number of nitrogens with two attached hydrogens (primary N) is 1. The van der Waals surface area contributed by atoms with Crippen molar-refractivity contribution >= 4 is 40.3 Å². The minimum atomic E-state index is -1.26. The third-order valence-electron chi connectivity index (χ3n) is 7.29. The Labute approximate surface area is 280 Å². The number of aromatic hydroxyl groups is 1. The lowest BCUT2D eigenvalue weighted by Gasteiger charge is -2.27. The molecule has 0 spiro atoms. The van der Waals surface area contributed by atoms with Crippen LogP contribution in [0, 0.1) is 0 Å². The molecule has 4 atom stereocenters. The van der Waals surface area contributed by atoms with Crippen molar-refractivity contribution in [1.29, 1.82) is 0 Å². The Bertz CT molecular complexity index is 1350. The molecule has 0 saturated heterocycles. The second-order valence-electron chi connectivity index (χ2n) is 11.5. The maximum Gasteiger partial charge on any atom is 0.307 e. The maximum atomic E-state index is 13.7. The first-order chi connectivity index (χ1) is 22.4. The molecule has 258 valence electrons. The smallest absolute Gasteiger partial charge is 0.307 e. The molecule has 13 heteroatoms. The second-order valence-corrected chi connectivity index (χ2v) is 13.0. The molecule has 2 aromatic rings. The Morgan fingerprint density at radius 1 is 0.957 bits per heavy atom. The highest BCUT2D eigenvalue weighted by Gasteiger charge is 2.31. The lowest BCUT2D eigenvalue weighted by atomic mass is 10.0. The molecule has 1 unspecified atom stereocenters. The maximum absolute atomic E-state index is 13.7. The number of ether oxygens (including phenoxy) is 1. The van der Waals surface area contributed by atoms with Crippen LogP contribution in [0.1, 0.15) is 57.1 Å². The van der Waals surface area contributed by atoms with Crippen molar-refractivity contribution in [3.63, 3.8) is 0 Å². The largest absolute Gasteiger partial charge is 0.508 e. The summed E-state index contributed by atoms with van der Waals surface area (Å²) in [5, 5.41) is 15.2. The van der Waals surface area contributed by atoms with Gasteiger partial charge in [-0.1, -0.05) is 62.2 Å². The molecular formula is C34H49N5O7S. The molecule has 2 rings (SSSR count). The van der Waals surface area contributed by atoms with Gasteiger partial charge in [0.15, 0.2) is 0 Å². The van der Waals surface area contributed by atoms with Gasteiger partial charge in [0.1, 0.15) is 23.9 Å². The molecule has 0 bridgehead atoms. The number of carbonyl (C=O) groups is 4. The van der Waals surface area contributed by atoms with E-state index in [4.69, 9.17) is 10.5 Å². The molecule has 12 nitrogen and oxygen atoms in total. The van der Waals surface area contributed by atoms with E-state index < -0.39 is 52.6 Å². The fourth-order valence-electron chi connectivity index (χ4n) is 4.69. The predicted octanol–water partition coefficient (Wildman–Crippen LogP) is 2.24. The first kappa shape index (κ1) is 38.9. The summed E-state index contributed by atoms with van der Waals surface area (Å²) >= 11 is 0. The number of phenolic OH excluding ortho intramolecular Hbond substituents is 1. The second kappa shape index (κ2) is 20.8. The summed E-state index contributed by atoms with van der Waals surface area (Å²) in [4.78, 5) is 58.7. The highest BCUT2D eigenvalue weighted by molar-refractivity contribution is 7.84. The number of nitrogens with one attached hydrogen (secondary N) is 2. The van der Waals surface area contributed by atoms with E-state index in [0.717, 1.165) is 24.8 Å². The fourth-order valence-corrected chi connectivity index (χ4v) is 5.25. The van der Waals surface area contributed by atoms with Gasteiger partial charge < -0.3 is 31.1 Å². The number of amidine groups is 1. The van der Waals surface area contributed by atoms with Crippen molar-refractivity contribution < 1.29 is 33.2 Å². The SMILES string of the molecule is CCCCCOC(=O)CCN(C)C(=O)[C@H](Cc1ccccc1)NC(=O)[C@@H](CCS(C)=O)NC(=O)[C@H](Cc1ccc(O)cc1)N=C(C)N. The molecule has 0 fully saturated rings. The van der Waals surface area contributed by atoms with Gasteiger partial charge >= 0.3 is 5.97 Å². The number of likely N-dealkylation sites (N-methyl/N-ethyl adjacent to an activating group) is 1. The van der Waals surface area contributed by atoms with Gasteiger partial charge in [-0.3, -0.25) is 28.4 Å². The number of nitrogens with zero attached hydrogens (tertiary/aromatic N) is 2. The number of carbonyl (C=O) groups excluding carboxylic acids is 4. The Morgan fingerprint density at radius 2 is 1.60 bits per heavy atom. The fraction of sp³-hybridized carbons (Fsp3) is 0.500. The highest BCUT2D eigenvalue weighted by atomic mass is 32.2. The molecule has 0 aliphatic heterocycles. The monoisotopic (exact) mass is 671 g/mol. The van der Waals surface area contributed by atoms with Crippen molar-refractivity contribution in [2.24, 2.45) is 10.7 Å². The summed E-state index contributed by atoms with van der Waals surface area (Å²) in [5.41, 5.74) is 7.33. The molecule has 5 N–H and O–H groups in total.